The molecule has 0 radical (unpaired) electrons. The van der Waals surface area contributed by atoms with Gasteiger partial charge < -0.3 is 4.74 Å². The maximum absolute atomic E-state index is 5.60. The van der Waals surface area contributed by atoms with Crippen molar-refractivity contribution in [3.8, 4) is 0 Å². The monoisotopic (exact) mass is 223 g/mol. The Labute approximate surface area is 101 Å². The van der Waals surface area contributed by atoms with Crippen LogP contribution in [0.4, 0.5) is 0 Å². The molecule has 2 heteroatoms. The van der Waals surface area contributed by atoms with Crippen LogP contribution in [0, 0.1) is 0 Å². The van der Waals surface area contributed by atoms with E-state index in [-0.39, 0.29) is 12.2 Å². The van der Waals surface area contributed by atoms with Crippen molar-refractivity contribution in [3.05, 3.63) is 72.1 Å². The fraction of sp³-hybridized carbons (Fsp3) is 0.133. The van der Waals surface area contributed by atoms with Gasteiger partial charge in [-0.3, -0.25) is 4.98 Å². The summed E-state index contributed by atoms with van der Waals surface area (Å²) in [5.74, 6) is 0. The van der Waals surface area contributed by atoms with Gasteiger partial charge >= 0.3 is 0 Å². The molecule has 0 unspecified atom stereocenters. The van der Waals surface area contributed by atoms with E-state index in [0.29, 0.717) is 0 Å². The first-order valence-electron chi connectivity index (χ1n) is 5.72. The highest BCUT2D eigenvalue weighted by Crippen LogP contribution is 2.39. The lowest BCUT2D eigenvalue weighted by Gasteiger charge is -1.92. The van der Waals surface area contributed by atoms with Crippen molar-refractivity contribution in [3.63, 3.8) is 0 Å². The average molecular weight is 223 g/mol. The summed E-state index contributed by atoms with van der Waals surface area (Å²) in [5.41, 5.74) is 2.35. The summed E-state index contributed by atoms with van der Waals surface area (Å²) in [6.45, 7) is 0. The van der Waals surface area contributed by atoms with Crippen LogP contribution in [0.1, 0.15) is 17.2 Å². The van der Waals surface area contributed by atoms with Crippen LogP contribution in [0.15, 0.2) is 60.9 Å². The smallest absolute Gasteiger partial charge is 0.115 e. The van der Waals surface area contributed by atoms with E-state index in [2.05, 4.69) is 29.3 Å². The highest BCUT2D eigenvalue weighted by Gasteiger charge is 2.37. The highest BCUT2D eigenvalue weighted by molar-refractivity contribution is 5.50. The second-order valence-corrected chi connectivity index (χ2v) is 4.08. The fourth-order valence-corrected chi connectivity index (χ4v) is 1.85. The minimum atomic E-state index is 0.184. The van der Waals surface area contributed by atoms with Gasteiger partial charge in [0, 0.05) is 18.0 Å². The number of hydrogen-bond acceptors (Lipinski definition) is 2. The molecule has 1 aliphatic rings. The van der Waals surface area contributed by atoms with E-state index >= 15 is 0 Å². The van der Waals surface area contributed by atoms with Gasteiger partial charge in [-0.25, -0.2) is 0 Å². The molecule has 1 aromatic heterocycles. The van der Waals surface area contributed by atoms with Crippen LogP contribution >= 0.6 is 0 Å². The van der Waals surface area contributed by atoms with Crippen LogP contribution in [0.25, 0.3) is 6.08 Å². The Hall–Kier alpha value is -1.93. The van der Waals surface area contributed by atoms with Crippen LogP contribution in [0.3, 0.4) is 0 Å². The van der Waals surface area contributed by atoms with E-state index in [4.69, 9.17) is 4.74 Å². The van der Waals surface area contributed by atoms with Crippen molar-refractivity contribution < 1.29 is 4.74 Å². The Bertz CT molecular complexity index is 507. The van der Waals surface area contributed by atoms with Crippen molar-refractivity contribution in [2.24, 2.45) is 0 Å². The first-order valence-corrected chi connectivity index (χ1v) is 5.72. The summed E-state index contributed by atoms with van der Waals surface area (Å²) >= 11 is 0. The van der Waals surface area contributed by atoms with Gasteiger partial charge in [0.15, 0.2) is 0 Å². The van der Waals surface area contributed by atoms with Crippen molar-refractivity contribution in [2.45, 2.75) is 12.2 Å². The zero-order chi connectivity index (χ0) is 11.5. The minimum absolute atomic E-state index is 0.184. The molecule has 0 saturated carbocycles. The van der Waals surface area contributed by atoms with Crippen LogP contribution < -0.4 is 0 Å². The number of nitrogens with zero attached hydrogens (tertiary/aromatic N) is 1. The quantitative estimate of drug-likeness (QED) is 0.746. The topological polar surface area (TPSA) is 25.4 Å². The van der Waals surface area contributed by atoms with Gasteiger partial charge in [-0.2, -0.15) is 0 Å². The third-order valence-electron chi connectivity index (χ3n) is 2.82. The summed E-state index contributed by atoms with van der Waals surface area (Å²) in [6, 6.07) is 14.2. The number of pyridine rings is 1. The molecule has 0 bridgehead atoms. The second kappa shape index (κ2) is 4.52. The molecular formula is C15H13NO. The lowest BCUT2D eigenvalue weighted by atomic mass is 10.1. The molecule has 0 amide bonds. The SMILES string of the molecule is C(=C\[C@H]1O[C@@H]1c1cccnc1)/c1ccccc1. The number of rotatable bonds is 3. The molecule has 1 aliphatic heterocycles. The molecule has 1 saturated heterocycles. The van der Waals surface area contributed by atoms with Gasteiger partial charge in [0.1, 0.15) is 12.2 Å². The van der Waals surface area contributed by atoms with E-state index in [1.54, 1.807) is 6.20 Å². The first-order chi connectivity index (χ1) is 8.43. The molecule has 2 aromatic rings. The second-order valence-electron chi connectivity index (χ2n) is 4.08. The maximum atomic E-state index is 5.60. The minimum Gasteiger partial charge on any atom is -0.360 e. The molecule has 2 atom stereocenters. The normalized spacial score (nSPS) is 22.8. The van der Waals surface area contributed by atoms with Crippen molar-refractivity contribution in [1.29, 1.82) is 0 Å². The van der Waals surface area contributed by atoms with Gasteiger partial charge in [0.2, 0.25) is 0 Å². The van der Waals surface area contributed by atoms with Crippen molar-refractivity contribution in [1.82, 2.24) is 4.98 Å². The van der Waals surface area contributed by atoms with E-state index < -0.39 is 0 Å². The Kier molecular flexibility index (Phi) is 2.72. The van der Waals surface area contributed by atoms with E-state index in [1.807, 2.05) is 36.5 Å². The Morgan fingerprint density at radius 1 is 1.06 bits per heavy atom. The fourth-order valence-electron chi connectivity index (χ4n) is 1.85. The standard InChI is InChI=1S/C15H13NO/c1-2-5-12(6-3-1)8-9-14-15(17-14)13-7-4-10-16-11-13/h1-11,14-15H/b9-8+/t14-,15-/m1/s1. The third-order valence-corrected chi connectivity index (χ3v) is 2.82. The van der Waals surface area contributed by atoms with Crippen LogP contribution in [-0.4, -0.2) is 11.1 Å². The summed E-state index contributed by atoms with van der Waals surface area (Å²) < 4.78 is 5.60. The van der Waals surface area contributed by atoms with Crippen LogP contribution in [0.2, 0.25) is 0 Å². The zero-order valence-electron chi connectivity index (χ0n) is 9.36. The number of epoxide rings is 1. The lowest BCUT2D eigenvalue weighted by molar-refractivity contribution is 0.394. The van der Waals surface area contributed by atoms with Gasteiger partial charge in [-0.05, 0) is 11.6 Å². The molecule has 84 valence electrons. The van der Waals surface area contributed by atoms with Gasteiger partial charge in [-0.15, -0.1) is 0 Å². The molecule has 1 fully saturated rings. The number of hydrogen-bond donors (Lipinski definition) is 0. The molecule has 2 heterocycles. The molecule has 0 N–H and O–H groups in total. The molecule has 3 rings (SSSR count). The molecule has 0 spiro atoms. The molecular weight excluding hydrogens is 210 g/mol. The highest BCUT2D eigenvalue weighted by atomic mass is 16.6. The van der Waals surface area contributed by atoms with Crippen LogP contribution in [0.5, 0.6) is 0 Å². The molecule has 1 aromatic carbocycles. The molecule has 17 heavy (non-hydrogen) atoms. The number of ether oxygens (including phenoxy) is 1. The van der Waals surface area contributed by atoms with E-state index in [0.717, 1.165) is 5.56 Å². The van der Waals surface area contributed by atoms with Crippen LogP contribution in [-0.2, 0) is 4.74 Å². The van der Waals surface area contributed by atoms with Gasteiger partial charge in [0.25, 0.3) is 0 Å². The summed E-state index contributed by atoms with van der Waals surface area (Å²) in [7, 11) is 0. The largest absolute Gasteiger partial charge is 0.360 e. The zero-order valence-corrected chi connectivity index (χ0v) is 9.36. The molecule has 2 nitrogen and oxygen atoms in total. The van der Waals surface area contributed by atoms with Gasteiger partial charge in [0.05, 0.1) is 0 Å². The van der Waals surface area contributed by atoms with E-state index in [1.165, 1.54) is 5.56 Å². The first kappa shape index (κ1) is 10.2. The van der Waals surface area contributed by atoms with E-state index in [9.17, 15) is 0 Å². The summed E-state index contributed by atoms with van der Waals surface area (Å²) in [5, 5.41) is 0. The summed E-state index contributed by atoms with van der Waals surface area (Å²) in [4.78, 5) is 4.09. The number of aromatic nitrogens is 1. The Morgan fingerprint density at radius 2 is 1.94 bits per heavy atom. The number of benzene rings is 1. The summed E-state index contributed by atoms with van der Waals surface area (Å²) in [6.07, 6.45) is 8.22. The van der Waals surface area contributed by atoms with Crippen molar-refractivity contribution in [2.75, 3.05) is 0 Å². The predicted molar refractivity (Wildman–Crippen MR) is 67.3 cm³/mol. The molecule has 0 aliphatic carbocycles. The lowest BCUT2D eigenvalue weighted by Crippen LogP contribution is -1.85. The maximum Gasteiger partial charge on any atom is 0.115 e. The van der Waals surface area contributed by atoms with Gasteiger partial charge in [-0.1, -0.05) is 48.6 Å². The Balaban J connectivity index is 1.65. The average Bonchev–Trinajstić information content (AvgIpc) is 3.18. The predicted octanol–water partition coefficient (Wildman–Crippen LogP) is 3.23. The third kappa shape index (κ3) is 2.43. The van der Waals surface area contributed by atoms with Crippen molar-refractivity contribution >= 4 is 6.08 Å². The Morgan fingerprint density at radius 3 is 2.71 bits per heavy atom.